The highest BCUT2D eigenvalue weighted by atomic mass is 35.5. The summed E-state index contributed by atoms with van der Waals surface area (Å²) < 4.78 is 23.7. The molecule has 246 valence electrons. The van der Waals surface area contributed by atoms with Crippen molar-refractivity contribution in [3.05, 3.63) is 63.7 Å². The quantitative estimate of drug-likeness (QED) is 0.283. The van der Waals surface area contributed by atoms with Crippen LogP contribution in [-0.2, 0) is 20.7 Å². The molecular formula is C34H40ClFN4O5S. The summed E-state index contributed by atoms with van der Waals surface area (Å²) in [6, 6.07) is 10.2. The van der Waals surface area contributed by atoms with Crippen LogP contribution in [0.25, 0.3) is 10.1 Å². The number of benzene rings is 2. The number of ether oxygens (including phenoxy) is 1. The number of thiophene rings is 1. The fourth-order valence-corrected chi connectivity index (χ4v) is 8.18. The van der Waals surface area contributed by atoms with Gasteiger partial charge in [-0.05, 0) is 69.3 Å². The highest BCUT2D eigenvalue weighted by Crippen LogP contribution is 2.37. The zero-order valence-corrected chi connectivity index (χ0v) is 27.5. The average Bonchev–Trinajstić information content (AvgIpc) is 3.74. The summed E-state index contributed by atoms with van der Waals surface area (Å²) >= 11 is 8.07. The van der Waals surface area contributed by atoms with Crippen LogP contribution >= 0.6 is 22.9 Å². The minimum Gasteiger partial charge on any atom is -0.481 e. The number of ketones is 1. The van der Waals surface area contributed by atoms with Crippen molar-refractivity contribution >= 4 is 56.4 Å². The van der Waals surface area contributed by atoms with Crippen LogP contribution in [0.1, 0.15) is 54.4 Å². The van der Waals surface area contributed by atoms with E-state index in [1.807, 2.05) is 31.3 Å². The van der Waals surface area contributed by atoms with Gasteiger partial charge in [-0.25, -0.2) is 4.39 Å². The molecule has 0 bridgehead atoms. The zero-order valence-electron chi connectivity index (χ0n) is 26.0. The van der Waals surface area contributed by atoms with Crippen molar-refractivity contribution < 1.29 is 28.6 Å². The molecule has 12 heteroatoms. The Balaban J connectivity index is 1.27. The van der Waals surface area contributed by atoms with Gasteiger partial charge in [0.05, 0.1) is 28.3 Å². The number of carbonyl (C=O) groups excluding carboxylic acids is 2. The van der Waals surface area contributed by atoms with E-state index in [0.717, 1.165) is 36.0 Å². The molecule has 0 spiro atoms. The highest BCUT2D eigenvalue weighted by Gasteiger charge is 2.53. The van der Waals surface area contributed by atoms with Gasteiger partial charge < -0.3 is 20.1 Å². The van der Waals surface area contributed by atoms with E-state index >= 15 is 4.39 Å². The van der Waals surface area contributed by atoms with Crippen LogP contribution in [0, 0.1) is 11.7 Å². The summed E-state index contributed by atoms with van der Waals surface area (Å²) in [5.74, 6) is -3.90. The Morgan fingerprint density at radius 1 is 1.02 bits per heavy atom. The number of halogens is 2. The summed E-state index contributed by atoms with van der Waals surface area (Å²) in [6.45, 7) is 4.07. The number of anilines is 1. The molecule has 1 saturated carbocycles. The lowest BCUT2D eigenvalue weighted by molar-refractivity contribution is -0.260. The first kappa shape index (κ1) is 33.0. The number of piperazine rings is 1. The van der Waals surface area contributed by atoms with E-state index < -0.39 is 29.5 Å². The van der Waals surface area contributed by atoms with Crippen LogP contribution in [0.2, 0.25) is 5.02 Å². The zero-order chi connectivity index (χ0) is 32.4. The van der Waals surface area contributed by atoms with Gasteiger partial charge >= 0.3 is 5.97 Å². The third-order valence-corrected chi connectivity index (χ3v) is 10.9. The van der Waals surface area contributed by atoms with Crippen molar-refractivity contribution in [3.63, 3.8) is 0 Å². The number of carboxylic acid groups (broad SMARTS) is 1. The first-order valence-corrected chi connectivity index (χ1v) is 17.3. The molecule has 1 unspecified atom stereocenters. The van der Waals surface area contributed by atoms with Crippen molar-refractivity contribution in [1.82, 2.24) is 14.7 Å². The highest BCUT2D eigenvalue weighted by molar-refractivity contribution is 7.17. The molecule has 3 heterocycles. The van der Waals surface area contributed by atoms with E-state index in [0.29, 0.717) is 57.4 Å². The Labute approximate surface area is 277 Å². The lowest BCUT2D eigenvalue weighted by Crippen LogP contribution is -2.70. The Morgan fingerprint density at radius 2 is 1.70 bits per heavy atom. The molecule has 1 amide bonds. The van der Waals surface area contributed by atoms with Crippen molar-refractivity contribution in [1.29, 1.82) is 0 Å². The minimum atomic E-state index is -1.40. The maximum Gasteiger partial charge on any atom is 0.306 e. The molecule has 6 rings (SSSR count). The molecule has 0 radical (unpaired) electrons. The Morgan fingerprint density at radius 3 is 2.39 bits per heavy atom. The summed E-state index contributed by atoms with van der Waals surface area (Å²) in [6.07, 6.45) is 3.37. The molecule has 2 saturated heterocycles. The number of nitrogens with zero attached hydrogens (tertiary/aromatic N) is 3. The molecule has 3 aliphatic rings. The first-order chi connectivity index (χ1) is 22.2. The van der Waals surface area contributed by atoms with E-state index in [1.54, 1.807) is 5.38 Å². The Bertz CT molecular complexity index is 1600. The fraction of sp³-hybridized carbons (Fsp3) is 0.500. The number of fused-ring (bicyclic) bond motifs is 1. The normalized spacial score (nSPS) is 22.9. The molecule has 3 fully saturated rings. The van der Waals surface area contributed by atoms with E-state index in [-0.39, 0.29) is 34.6 Å². The molecule has 2 aromatic carbocycles. The van der Waals surface area contributed by atoms with E-state index in [9.17, 15) is 19.5 Å². The SMILES string of the molecule is CN1CCN(C(OC2CCC(C(=O)O)CC2)(C(=O)Cc2cc(Cl)c(NC(=O)c3csc4ccccc34)cc2F)N2CCCC2)CC1. The average molecular weight is 671 g/mol. The number of amides is 1. The fourth-order valence-electron chi connectivity index (χ4n) is 7.01. The number of likely N-dealkylation sites (tertiary alicyclic amines) is 1. The number of likely N-dealkylation sites (N-methyl/N-ethyl adjacent to an activating group) is 1. The minimum absolute atomic E-state index is 0.130. The number of rotatable bonds is 10. The number of nitrogens with one attached hydrogen (secondary N) is 1. The van der Waals surface area contributed by atoms with Gasteiger partial charge in [0.1, 0.15) is 5.82 Å². The van der Waals surface area contributed by atoms with Crippen molar-refractivity contribution in [3.8, 4) is 0 Å². The molecule has 2 aliphatic heterocycles. The second-order valence-electron chi connectivity index (χ2n) is 12.6. The smallest absolute Gasteiger partial charge is 0.306 e. The number of carbonyl (C=O) groups is 3. The van der Waals surface area contributed by atoms with E-state index in [4.69, 9.17) is 16.3 Å². The number of hydrogen-bond acceptors (Lipinski definition) is 8. The Hall–Kier alpha value is -2.93. The van der Waals surface area contributed by atoms with Crippen molar-refractivity contribution in [2.24, 2.45) is 5.92 Å². The molecule has 1 aromatic heterocycles. The van der Waals surface area contributed by atoms with E-state index in [1.165, 1.54) is 23.5 Å². The number of aliphatic carboxylic acids is 1. The topological polar surface area (TPSA) is 102 Å². The lowest BCUT2D eigenvalue weighted by atomic mass is 9.87. The van der Waals surface area contributed by atoms with Crippen LogP contribution in [0.5, 0.6) is 0 Å². The van der Waals surface area contributed by atoms with Crippen molar-refractivity contribution in [2.45, 2.75) is 56.9 Å². The summed E-state index contributed by atoms with van der Waals surface area (Å²) in [4.78, 5) is 45.8. The molecule has 3 aromatic rings. The predicted molar refractivity (Wildman–Crippen MR) is 177 cm³/mol. The van der Waals surface area contributed by atoms with Crippen molar-refractivity contribution in [2.75, 3.05) is 51.6 Å². The number of hydrogen-bond donors (Lipinski definition) is 2. The van der Waals surface area contributed by atoms with Gasteiger partial charge in [-0.15, -0.1) is 11.3 Å². The summed E-state index contributed by atoms with van der Waals surface area (Å²) in [5.41, 5.74) is 0.741. The van der Waals surface area contributed by atoms with Gasteiger partial charge in [0.15, 0.2) is 5.78 Å². The van der Waals surface area contributed by atoms with Crippen LogP contribution in [0.4, 0.5) is 10.1 Å². The number of carboxylic acids is 1. The molecule has 46 heavy (non-hydrogen) atoms. The van der Waals surface area contributed by atoms with Gasteiger partial charge in [-0.1, -0.05) is 29.8 Å². The molecule has 1 aliphatic carbocycles. The molecule has 9 nitrogen and oxygen atoms in total. The van der Waals surface area contributed by atoms with E-state index in [2.05, 4.69) is 20.0 Å². The Kier molecular flexibility index (Phi) is 10.1. The van der Waals surface area contributed by atoms with Crippen LogP contribution in [0.15, 0.2) is 41.8 Å². The van der Waals surface area contributed by atoms with Gasteiger partial charge in [0, 0.05) is 61.2 Å². The second kappa shape index (κ2) is 14.0. The lowest BCUT2D eigenvalue weighted by Gasteiger charge is -2.51. The molecule has 1 atom stereocenters. The maximum atomic E-state index is 15.8. The standard InChI is InChI=1S/C34H40ClFN4O5S/c1-38-14-16-40(17-15-38)34(39-12-4-5-13-39,45-24-10-8-22(9-11-24)33(43)44)31(41)19-23-18-27(35)29(20-28(23)36)37-32(42)26-21-46-30-7-3-2-6-25(26)30/h2-3,6-7,18,20-22,24H,4-5,8-17,19H2,1H3,(H,37,42)(H,43,44). The second-order valence-corrected chi connectivity index (χ2v) is 14.0. The third kappa shape index (κ3) is 6.72. The van der Waals surface area contributed by atoms with Crippen LogP contribution in [-0.4, -0.2) is 95.7 Å². The number of Topliss-reactive ketones (excluding diaryl/α,β-unsaturated/α-hetero) is 1. The largest absolute Gasteiger partial charge is 0.481 e. The maximum absolute atomic E-state index is 15.8. The van der Waals surface area contributed by atoms with Gasteiger partial charge in [-0.2, -0.15) is 0 Å². The predicted octanol–water partition coefficient (Wildman–Crippen LogP) is 5.71. The molecular weight excluding hydrogens is 631 g/mol. The van der Waals surface area contributed by atoms with Crippen LogP contribution in [0.3, 0.4) is 0 Å². The summed E-state index contributed by atoms with van der Waals surface area (Å²) in [5, 5.41) is 15.0. The first-order valence-electron chi connectivity index (χ1n) is 16.0. The monoisotopic (exact) mass is 670 g/mol. The van der Waals surface area contributed by atoms with Crippen LogP contribution < -0.4 is 5.32 Å². The third-order valence-electron chi connectivity index (χ3n) is 9.65. The van der Waals surface area contributed by atoms with Gasteiger partial charge in [0.25, 0.3) is 5.91 Å². The van der Waals surface area contributed by atoms with Gasteiger partial charge in [-0.3, -0.25) is 24.2 Å². The molecule has 2 N–H and O–H groups in total. The van der Waals surface area contributed by atoms with Gasteiger partial charge in [0.2, 0.25) is 5.85 Å². The summed E-state index contributed by atoms with van der Waals surface area (Å²) in [7, 11) is 2.04.